The number of hydrogen-bond acceptors (Lipinski definition) is 2. The van der Waals surface area contributed by atoms with Crippen molar-refractivity contribution in [1.82, 2.24) is 10.2 Å². The Balaban J connectivity index is 2.90. The Labute approximate surface area is 246 Å². The summed E-state index contributed by atoms with van der Waals surface area (Å²) >= 11 is 8.39. The highest BCUT2D eigenvalue weighted by Crippen LogP contribution is 2.46. The first kappa shape index (κ1) is 34.9. The number of aromatic nitrogens is 2. The van der Waals surface area contributed by atoms with E-state index in [1.807, 2.05) is 6.07 Å². The van der Waals surface area contributed by atoms with Gasteiger partial charge in [0.15, 0.2) is 0 Å². The fraction of sp³-hybridized carbons (Fsp3) is 0.875. The van der Waals surface area contributed by atoms with E-state index >= 15 is 0 Å². The van der Waals surface area contributed by atoms with Crippen LogP contribution < -0.4 is 5.56 Å². The number of nitrogens with one attached hydrogen (secondary N) is 1. The molecule has 5 unspecified atom stereocenters. The second-order valence-electron chi connectivity index (χ2n) is 11.4. The van der Waals surface area contributed by atoms with E-state index in [4.69, 9.17) is 0 Å². The van der Waals surface area contributed by atoms with Gasteiger partial charge in [-0.1, -0.05) is 156 Å². The first-order chi connectivity index (χ1) is 17.9. The summed E-state index contributed by atoms with van der Waals surface area (Å²) in [7, 11) is 0. The fourth-order valence-corrected chi connectivity index (χ4v) is 8.54. The van der Waals surface area contributed by atoms with Crippen LogP contribution in [0, 0.1) is 11.8 Å². The van der Waals surface area contributed by atoms with E-state index in [1.54, 1.807) is 6.07 Å². The quantitative estimate of drug-likeness (QED) is 0.0950. The van der Waals surface area contributed by atoms with Crippen LogP contribution in [0.15, 0.2) is 16.9 Å². The maximum Gasteiger partial charge on any atom is 0.264 e. The average molecular weight is 647 g/mol. The Morgan fingerprint density at radius 1 is 0.784 bits per heavy atom. The number of H-pyrrole nitrogens is 1. The molecule has 1 rings (SSSR count). The first-order valence-electron chi connectivity index (χ1n) is 15.7. The smallest absolute Gasteiger partial charge is 0.264 e. The second-order valence-corrected chi connectivity index (χ2v) is 13.5. The summed E-state index contributed by atoms with van der Waals surface area (Å²) < 4.78 is 0. The molecule has 1 heterocycles. The summed E-state index contributed by atoms with van der Waals surface area (Å²) in [6.45, 7) is 11.6. The molecule has 0 radical (unpaired) electrons. The number of hydrogen-bond donors (Lipinski definition) is 1. The van der Waals surface area contributed by atoms with Gasteiger partial charge in [0.1, 0.15) is 0 Å². The molecule has 0 fully saturated rings. The predicted octanol–water partition coefficient (Wildman–Crippen LogP) is 10.9. The second kappa shape index (κ2) is 20.7. The molecule has 0 saturated heterocycles. The van der Waals surface area contributed by atoms with Gasteiger partial charge in [0, 0.05) is 21.1 Å². The van der Waals surface area contributed by atoms with Gasteiger partial charge in [0.05, 0.1) is 5.69 Å². The van der Waals surface area contributed by atoms with Gasteiger partial charge in [-0.05, 0) is 43.6 Å². The fourth-order valence-electron chi connectivity index (χ4n) is 6.04. The lowest BCUT2D eigenvalue weighted by Gasteiger charge is -2.42. The third-order valence-corrected chi connectivity index (χ3v) is 11.5. The lowest BCUT2D eigenvalue weighted by molar-refractivity contribution is 0.260. The third-order valence-electron chi connectivity index (χ3n) is 8.76. The highest BCUT2D eigenvalue weighted by Gasteiger charge is 2.42. The molecular formula is C32H58Br2N2O. The summed E-state index contributed by atoms with van der Waals surface area (Å²) in [4.78, 5) is 12.7. The van der Waals surface area contributed by atoms with Crippen molar-refractivity contribution < 1.29 is 0 Å². The van der Waals surface area contributed by atoms with Gasteiger partial charge in [0.25, 0.3) is 5.56 Å². The molecule has 0 aliphatic heterocycles. The predicted molar refractivity (Wildman–Crippen MR) is 170 cm³/mol. The highest BCUT2D eigenvalue weighted by atomic mass is 79.9. The van der Waals surface area contributed by atoms with Gasteiger partial charge < -0.3 is 0 Å². The molecule has 0 saturated carbocycles. The largest absolute Gasteiger partial charge is 0.268 e. The minimum absolute atomic E-state index is 0.0666. The van der Waals surface area contributed by atoms with Crippen LogP contribution in [0.4, 0.5) is 0 Å². The van der Waals surface area contributed by atoms with Crippen molar-refractivity contribution in [3.8, 4) is 0 Å². The molecular weight excluding hydrogens is 588 g/mol. The molecule has 1 aromatic heterocycles. The lowest BCUT2D eigenvalue weighted by Crippen LogP contribution is -2.42. The van der Waals surface area contributed by atoms with Crippen molar-refractivity contribution in [3.05, 3.63) is 28.2 Å². The van der Waals surface area contributed by atoms with Crippen LogP contribution in [-0.2, 0) is 5.41 Å². The van der Waals surface area contributed by atoms with Crippen LogP contribution in [0.5, 0.6) is 0 Å². The van der Waals surface area contributed by atoms with Gasteiger partial charge >= 0.3 is 0 Å². The van der Waals surface area contributed by atoms with Crippen molar-refractivity contribution >= 4 is 31.9 Å². The molecule has 1 N–H and O–H groups in total. The SMILES string of the molecule is CCCCCCCCCCCCC(CC)(c1ccc(=O)[nH]n1)C(Br)C(CC)CC(Br)C(CC)CCCC. The molecule has 216 valence electrons. The Kier molecular flexibility index (Phi) is 19.5. The summed E-state index contributed by atoms with van der Waals surface area (Å²) in [5.41, 5.74) is 0.867. The van der Waals surface area contributed by atoms with Crippen molar-refractivity contribution in [3.63, 3.8) is 0 Å². The molecule has 0 aromatic carbocycles. The Hall–Kier alpha value is -0.160. The van der Waals surface area contributed by atoms with E-state index in [-0.39, 0.29) is 11.0 Å². The number of rotatable bonds is 23. The van der Waals surface area contributed by atoms with E-state index in [9.17, 15) is 4.79 Å². The molecule has 0 bridgehead atoms. The van der Waals surface area contributed by atoms with Crippen LogP contribution in [0.3, 0.4) is 0 Å². The highest BCUT2D eigenvalue weighted by molar-refractivity contribution is 9.09. The van der Waals surface area contributed by atoms with Gasteiger partial charge in [0.2, 0.25) is 0 Å². The Morgan fingerprint density at radius 3 is 1.84 bits per heavy atom. The Morgan fingerprint density at radius 2 is 1.35 bits per heavy atom. The maximum atomic E-state index is 11.8. The normalized spacial score (nSPS) is 16.7. The zero-order valence-electron chi connectivity index (χ0n) is 24.8. The van der Waals surface area contributed by atoms with Gasteiger partial charge in [-0.2, -0.15) is 5.10 Å². The van der Waals surface area contributed by atoms with Gasteiger partial charge in [-0.15, -0.1) is 0 Å². The summed E-state index contributed by atoms with van der Waals surface area (Å²) in [6, 6.07) is 3.65. The van der Waals surface area contributed by atoms with Gasteiger partial charge in [-0.25, -0.2) is 5.10 Å². The zero-order valence-corrected chi connectivity index (χ0v) is 28.0. The summed E-state index contributed by atoms with van der Waals surface area (Å²) in [5.74, 6) is 1.29. The molecule has 5 atom stereocenters. The zero-order chi connectivity index (χ0) is 27.5. The van der Waals surface area contributed by atoms with E-state index in [2.05, 4.69) is 76.7 Å². The van der Waals surface area contributed by atoms with Crippen LogP contribution in [0.1, 0.15) is 156 Å². The van der Waals surface area contributed by atoms with Gasteiger partial charge in [-0.3, -0.25) is 4.79 Å². The minimum atomic E-state index is -0.118. The summed E-state index contributed by atoms with van der Waals surface area (Å²) in [5, 5.41) is 7.36. The number of halogens is 2. The van der Waals surface area contributed by atoms with Crippen molar-refractivity contribution in [1.29, 1.82) is 0 Å². The monoisotopic (exact) mass is 644 g/mol. The van der Waals surface area contributed by atoms with Crippen molar-refractivity contribution in [2.24, 2.45) is 11.8 Å². The standard InChI is InChI=1S/C32H58Br2N2O/c1-6-11-13-14-15-16-17-18-19-20-24-32(10-5,29-22-23-30(37)36-35-29)31(34)27(9-4)25-28(33)26(8-3)21-12-7-2/h22-23,26-28,31H,6-21,24-25H2,1-5H3,(H,36,37). The number of nitrogens with zero attached hydrogens (tertiary/aromatic N) is 1. The van der Waals surface area contributed by atoms with Crippen LogP contribution in [0.25, 0.3) is 0 Å². The Bertz CT molecular complexity index is 719. The molecule has 1 aromatic rings. The van der Waals surface area contributed by atoms with E-state index in [1.165, 1.54) is 96.3 Å². The lowest BCUT2D eigenvalue weighted by atomic mass is 9.69. The van der Waals surface area contributed by atoms with E-state index < -0.39 is 0 Å². The number of aromatic amines is 1. The third kappa shape index (κ3) is 12.3. The van der Waals surface area contributed by atoms with Crippen molar-refractivity contribution in [2.75, 3.05) is 0 Å². The number of unbranched alkanes of at least 4 members (excludes halogenated alkanes) is 10. The summed E-state index contributed by atoms with van der Waals surface area (Å²) in [6.07, 6.45) is 23.1. The molecule has 3 nitrogen and oxygen atoms in total. The van der Waals surface area contributed by atoms with Crippen LogP contribution >= 0.6 is 31.9 Å². The topological polar surface area (TPSA) is 45.8 Å². The van der Waals surface area contributed by atoms with E-state index in [0.29, 0.717) is 15.6 Å². The molecule has 5 heteroatoms. The molecule has 37 heavy (non-hydrogen) atoms. The minimum Gasteiger partial charge on any atom is -0.268 e. The maximum absolute atomic E-state index is 11.8. The number of alkyl halides is 2. The van der Waals surface area contributed by atoms with Crippen molar-refractivity contribution in [2.45, 2.75) is 165 Å². The molecule has 0 aliphatic carbocycles. The molecule has 0 amide bonds. The van der Waals surface area contributed by atoms with E-state index in [0.717, 1.165) is 30.9 Å². The molecule has 0 aliphatic rings. The molecule has 0 spiro atoms. The average Bonchev–Trinajstić information content (AvgIpc) is 2.91. The van der Waals surface area contributed by atoms with Crippen LogP contribution in [-0.4, -0.2) is 19.9 Å². The first-order valence-corrected chi connectivity index (χ1v) is 17.6. The van der Waals surface area contributed by atoms with Crippen LogP contribution in [0.2, 0.25) is 0 Å².